The van der Waals surface area contributed by atoms with Gasteiger partial charge in [-0.1, -0.05) is 17.8 Å². The summed E-state index contributed by atoms with van der Waals surface area (Å²) in [5.74, 6) is -1.95. The van der Waals surface area contributed by atoms with E-state index in [0.29, 0.717) is 10.5 Å². The van der Waals surface area contributed by atoms with E-state index in [1.165, 1.54) is 30.0 Å². The van der Waals surface area contributed by atoms with Crippen molar-refractivity contribution in [1.29, 1.82) is 0 Å². The monoisotopic (exact) mass is 304 g/mol. The van der Waals surface area contributed by atoms with E-state index in [1.54, 1.807) is 24.3 Å². The summed E-state index contributed by atoms with van der Waals surface area (Å²) in [7, 11) is 0. The fourth-order valence-electron chi connectivity index (χ4n) is 1.73. The zero-order valence-electron chi connectivity index (χ0n) is 10.8. The number of phenols is 1. The minimum absolute atomic E-state index is 0.000983. The Morgan fingerprint density at radius 3 is 2.19 bits per heavy atom. The Bertz CT molecular complexity index is 679. The van der Waals surface area contributed by atoms with Crippen LogP contribution in [-0.4, -0.2) is 27.3 Å². The molecule has 0 radical (unpaired) electrons. The van der Waals surface area contributed by atoms with Crippen molar-refractivity contribution in [1.82, 2.24) is 0 Å². The normalized spacial score (nSPS) is 10.3. The number of carbonyl (C=O) groups is 2. The van der Waals surface area contributed by atoms with Gasteiger partial charge in [-0.25, -0.2) is 4.79 Å². The van der Waals surface area contributed by atoms with Crippen LogP contribution in [0.5, 0.6) is 5.75 Å². The third-order valence-corrected chi connectivity index (χ3v) is 3.78. The summed E-state index contributed by atoms with van der Waals surface area (Å²) < 4.78 is 0. The highest BCUT2D eigenvalue weighted by atomic mass is 32.2. The lowest BCUT2D eigenvalue weighted by atomic mass is 10.1. The van der Waals surface area contributed by atoms with Crippen molar-refractivity contribution in [3.8, 4) is 5.75 Å². The van der Waals surface area contributed by atoms with Gasteiger partial charge in [-0.05, 0) is 42.0 Å². The Hall–Kier alpha value is -2.47. The molecular weight excluding hydrogens is 292 g/mol. The SMILES string of the molecule is O=C(O)Cc1ccc(Sc2ccc(C(=O)O)cc2)c(O)c1. The molecule has 0 aliphatic carbocycles. The molecule has 0 saturated heterocycles. The minimum Gasteiger partial charge on any atom is -0.507 e. The standard InChI is InChI=1S/C15H12O5S/c16-12-7-9(8-14(17)18)1-6-13(12)21-11-4-2-10(3-5-11)15(19)20/h1-7,16H,8H2,(H,17,18)(H,19,20). The molecular formula is C15H12O5S. The second-order valence-corrected chi connectivity index (χ2v) is 5.42. The Morgan fingerprint density at radius 2 is 1.67 bits per heavy atom. The number of hydrogen-bond acceptors (Lipinski definition) is 4. The van der Waals surface area contributed by atoms with Crippen LogP contribution >= 0.6 is 11.8 Å². The number of aliphatic carboxylic acids is 1. The van der Waals surface area contributed by atoms with E-state index in [1.807, 2.05) is 0 Å². The summed E-state index contributed by atoms with van der Waals surface area (Å²) in [6.45, 7) is 0. The summed E-state index contributed by atoms with van der Waals surface area (Å²) in [6.07, 6.45) is -0.147. The molecule has 5 nitrogen and oxygen atoms in total. The van der Waals surface area contributed by atoms with Crippen LogP contribution in [0.1, 0.15) is 15.9 Å². The van der Waals surface area contributed by atoms with Crippen LogP contribution in [0.25, 0.3) is 0 Å². The molecule has 0 heterocycles. The fourth-order valence-corrected chi connectivity index (χ4v) is 2.55. The van der Waals surface area contributed by atoms with Crippen molar-refractivity contribution in [2.24, 2.45) is 0 Å². The number of phenolic OH excluding ortho intramolecular Hbond substituents is 1. The van der Waals surface area contributed by atoms with Crippen LogP contribution in [-0.2, 0) is 11.2 Å². The van der Waals surface area contributed by atoms with Gasteiger partial charge in [0.1, 0.15) is 5.75 Å². The Balaban J connectivity index is 2.15. The van der Waals surface area contributed by atoms with Gasteiger partial charge in [-0.3, -0.25) is 4.79 Å². The lowest BCUT2D eigenvalue weighted by molar-refractivity contribution is -0.136. The topological polar surface area (TPSA) is 94.8 Å². The van der Waals surface area contributed by atoms with Crippen molar-refractivity contribution >= 4 is 23.7 Å². The molecule has 6 heteroatoms. The zero-order chi connectivity index (χ0) is 15.4. The van der Waals surface area contributed by atoms with Gasteiger partial charge in [0.2, 0.25) is 0 Å². The van der Waals surface area contributed by atoms with Crippen molar-refractivity contribution in [2.45, 2.75) is 16.2 Å². The molecule has 0 bridgehead atoms. The van der Waals surface area contributed by atoms with E-state index >= 15 is 0 Å². The maximum absolute atomic E-state index is 10.8. The van der Waals surface area contributed by atoms with Crippen LogP contribution in [0, 0.1) is 0 Å². The first-order valence-electron chi connectivity index (χ1n) is 6.00. The maximum atomic E-state index is 10.8. The van der Waals surface area contributed by atoms with Crippen LogP contribution in [0.2, 0.25) is 0 Å². The zero-order valence-corrected chi connectivity index (χ0v) is 11.6. The lowest BCUT2D eigenvalue weighted by Gasteiger charge is -2.06. The summed E-state index contributed by atoms with van der Waals surface area (Å²) in [5, 5.41) is 27.4. The lowest BCUT2D eigenvalue weighted by Crippen LogP contribution is -1.99. The van der Waals surface area contributed by atoms with Gasteiger partial charge in [-0.15, -0.1) is 0 Å². The summed E-state index contributed by atoms with van der Waals surface area (Å²) in [4.78, 5) is 22.7. The molecule has 2 aromatic rings. The maximum Gasteiger partial charge on any atom is 0.335 e. The number of benzene rings is 2. The van der Waals surface area contributed by atoms with E-state index in [0.717, 1.165) is 4.90 Å². The second kappa shape index (κ2) is 6.32. The number of carboxylic acid groups (broad SMARTS) is 2. The van der Waals surface area contributed by atoms with Gasteiger partial charge < -0.3 is 15.3 Å². The van der Waals surface area contributed by atoms with E-state index < -0.39 is 11.9 Å². The van der Waals surface area contributed by atoms with Gasteiger partial charge >= 0.3 is 11.9 Å². The summed E-state index contributed by atoms with van der Waals surface area (Å²) >= 11 is 1.27. The van der Waals surface area contributed by atoms with E-state index in [-0.39, 0.29) is 17.7 Å². The molecule has 2 aromatic carbocycles. The molecule has 21 heavy (non-hydrogen) atoms. The first-order valence-corrected chi connectivity index (χ1v) is 6.82. The summed E-state index contributed by atoms with van der Waals surface area (Å²) in [6, 6.07) is 11.0. The summed E-state index contributed by atoms with van der Waals surface area (Å²) in [5.41, 5.74) is 0.714. The number of hydrogen-bond donors (Lipinski definition) is 3. The molecule has 108 valence electrons. The molecule has 0 aliphatic rings. The van der Waals surface area contributed by atoms with Gasteiger partial charge in [0.25, 0.3) is 0 Å². The van der Waals surface area contributed by atoms with Crippen molar-refractivity contribution in [3.05, 3.63) is 53.6 Å². The average molecular weight is 304 g/mol. The third-order valence-electron chi connectivity index (χ3n) is 2.71. The number of aromatic carboxylic acids is 1. The second-order valence-electron chi connectivity index (χ2n) is 4.30. The number of carboxylic acids is 2. The van der Waals surface area contributed by atoms with E-state index in [2.05, 4.69) is 0 Å². The van der Waals surface area contributed by atoms with Crippen LogP contribution < -0.4 is 0 Å². The van der Waals surface area contributed by atoms with Gasteiger partial charge in [0.15, 0.2) is 0 Å². The molecule has 0 aliphatic heterocycles. The van der Waals surface area contributed by atoms with Crippen molar-refractivity contribution in [2.75, 3.05) is 0 Å². The first kappa shape index (κ1) is 14.9. The molecule has 0 atom stereocenters. The highest BCUT2D eigenvalue weighted by molar-refractivity contribution is 7.99. The predicted octanol–water partition coefficient (Wildman–Crippen LogP) is 2.87. The highest BCUT2D eigenvalue weighted by Gasteiger charge is 2.08. The number of rotatable bonds is 5. The molecule has 2 rings (SSSR count). The van der Waals surface area contributed by atoms with E-state index in [9.17, 15) is 14.7 Å². The van der Waals surface area contributed by atoms with Crippen molar-refractivity contribution in [3.63, 3.8) is 0 Å². The van der Waals surface area contributed by atoms with Gasteiger partial charge in [0.05, 0.1) is 16.9 Å². The highest BCUT2D eigenvalue weighted by Crippen LogP contribution is 2.35. The van der Waals surface area contributed by atoms with Gasteiger partial charge in [0, 0.05) is 4.90 Å². The largest absolute Gasteiger partial charge is 0.507 e. The molecule has 0 fully saturated rings. The number of aromatic hydroxyl groups is 1. The first-order chi connectivity index (χ1) is 9.95. The Labute approximate surface area is 124 Å². The molecule has 0 saturated carbocycles. The smallest absolute Gasteiger partial charge is 0.335 e. The molecule has 0 spiro atoms. The van der Waals surface area contributed by atoms with Crippen LogP contribution in [0.15, 0.2) is 52.3 Å². The predicted molar refractivity (Wildman–Crippen MR) is 77.0 cm³/mol. The van der Waals surface area contributed by atoms with Crippen molar-refractivity contribution < 1.29 is 24.9 Å². The van der Waals surface area contributed by atoms with Crippen LogP contribution in [0.4, 0.5) is 0 Å². The molecule has 0 aromatic heterocycles. The van der Waals surface area contributed by atoms with Gasteiger partial charge in [-0.2, -0.15) is 0 Å². The average Bonchev–Trinajstić information content (AvgIpc) is 2.42. The molecule has 0 amide bonds. The third kappa shape index (κ3) is 4.00. The fraction of sp³-hybridized carbons (Fsp3) is 0.0667. The molecule has 0 unspecified atom stereocenters. The molecule has 3 N–H and O–H groups in total. The van der Waals surface area contributed by atoms with Crippen LogP contribution in [0.3, 0.4) is 0 Å². The minimum atomic E-state index is -0.993. The Morgan fingerprint density at radius 1 is 1.00 bits per heavy atom. The van der Waals surface area contributed by atoms with E-state index in [4.69, 9.17) is 10.2 Å². The Kier molecular flexibility index (Phi) is 4.49. The quantitative estimate of drug-likeness (QED) is 0.786.